The van der Waals surface area contributed by atoms with E-state index >= 15 is 0 Å². The second kappa shape index (κ2) is 4.77. The maximum absolute atomic E-state index is 4.84. The first-order valence-electron chi connectivity index (χ1n) is 8.31. The normalized spacial score (nSPS) is 16.3. The molecule has 2 heteroatoms. The van der Waals surface area contributed by atoms with Crippen LogP contribution in [0, 0.1) is 13.8 Å². The molecule has 22 heavy (non-hydrogen) atoms. The summed E-state index contributed by atoms with van der Waals surface area (Å²) in [6.45, 7) is 6.40. The van der Waals surface area contributed by atoms with E-state index in [1.165, 1.54) is 42.0 Å². The Balaban J connectivity index is 2.10. The third-order valence-electron chi connectivity index (χ3n) is 5.07. The quantitative estimate of drug-likeness (QED) is 0.617. The lowest BCUT2D eigenvalue weighted by Gasteiger charge is -2.19. The van der Waals surface area contributed by atoms with Crippen molar-refractivity contribution in [2.24, 2.45) is 0 Å². The van der Waals surface area contributed by atoms with Crippen molar-refractivity contribution in [2.45, 2.75) is 51.9 Å². The summed E-state index contributed by atoms with van der Waals surface area (Å²) in [5.41, 5.74) is 6.14. The predicted octanol–water partition coefficient (Wildman–Crippen LogP) is 5.23. The molecule has 2 aromatic heterocycles. The van der Waals surface area contributed by atoms with E-state index in [0.29, 0.717) is 5.41 Å². The first-order valence-corrected chi connectivity index (χ1v) is 8.31. The third-order valence-corrected chi connectivity index (χ3v) is 5.07. The van der Waals surface area contributed by atoms with Crippen LogP contribution in [0.2, 0.25) is 0 Å². The molecular weight excluding hydrogens is 268 g/mol. The van der Waals surface area contributed by atoms with Crippen molar-refractivity contribution in [3.63, 3.8) is 0 Å². The van der Waals surface area contributed by atoms with Crippen LogP contribution in [0.5, 0.6) is 0 Å². The molecule has 1 aliphatic carbocycles. The Hall–Kier alpha value is -1.96. The van der Waals surface area contributed by atoms with Crippen molar-refractivity contribution in [1.82, 2.24) is 9.97 Å². The largest absolute Gasteiger partial charge is 0.251 e. The van der Waals surface area contributed by atoms with Crippen molar-refractivity contribution in [1.29, 1.82) is 0 Å². The molecule has 0 atom stereocenters. The molecule has 2 heterocycles. The summed E-state index contributed by atoms with van der Waals surface area (Å²) in [7, 11) is 0. The van der Waals surface area contributed by atoms with Gasteiger partial charge in [-0.3, -0.25) is 9.97 Å². The van der Waals surface area contributed by atoms with E-state index in [-0.39, 0.29) is 0 Å². The van der Waals surface area contributed by atoms with Gasteiger partial charge in [-0.15, -0.1) is 0 Å². The minimum atomic E-state index is 0.392. The van der Waals surface area contributed by atoms with Crippen LogP contribution in [0.15, 0.2) is 30.3 Å². The minimum absolute atomic E-state index is 0.392. The van der Waals surface area contributed by atoms with Crippen LogP contribution in [-0.4, -0.2) is 9.97 Å². The molecule has 0 unspecified atom stereocenters. The van der Waals surface area contributed by atoms with Gasteiger partial charge >= 0.3 is 0 Å². The second-order valence-corrected chi connectivity index (χ2v) is 6.83. The van der Waals surface area contributed by atoms with Gasteiger partial charge in [0, 0.05) is 22.2 Å². The SMILES string of the molecule is CCCC1(c2cc3ccc(C)nc3c3nc(C)ccc23)CC1. The second-order valence-electron chi connectivity index (χ2n) is 6.83. The summed E-state index contributed by atoms with van der Waals surface area (Å²) >= 11 is 0. The van der Waals surface area contributed by atoms with Crippen LogP contribution < -0.4 is 0 Å². The fraction of sp³-hybridized carbons (Fsp3) is 0.400. The smallest absolute Gasteiger partial charge is 0.0970 e. The number of nitrogens with zero attached hydrogens (tertiary/aromatic N) is 2. The van der Waals surface area contributed by atoms with Gasteiger partial charge in [-0.2, -0.15) is 0 Å². The molecule has 0 bridgehead atoms. The molecule has 0 spiro atoms. The van der Waals surface area contributed by atoms with E-state index in [9.17, 15) is 0 Å². The molecule has 4 rings (SSSR count). The molecule has 1 saturated carbocycles. The fourth-order valence-corrected chi connectivity index (χ4v) is 3.78. The van der Waals surface area contributed by atoms with Crippen molar-refractivity contribution in [3.05, 3.63) is 47.3 Å². The lowest BCUT2D eigenvalue weighted by molar-refractivity contribution is 0.611. The summed E-state index contributed by atoms with van der Waals surface area (Å²) in [6.07, 6.45) is 5.15. The molecular formula is C20H22N2. The first kappa shape index (κ1) is 13.7. The Morgan fingerprint density at radius 3 is 2.32 bits per heavy atom. The van der Waals surface area contributed by atoms with Crippen LogP contribution in [0.1, 0.15) is 49.6 Å². The van der Waals surface area contributed by atoms with Crippen LogP contribution in [-0.2, 0) is 5.41 Å². The number of fused-ring (bicyclic) bond motifs is 3. The van der Waals surface area contributed by atoms with Crippen LogP contribution >= 0.6 is 0 Å². The molecule has 3 aromatic rings. The van der Waals surface area contributed by atoms with Gasteiger partial charge in [-0.25, -0.2) is 0 Å². The fourth-order valence-electron chi connectivity index (χ4n) is 3.78. The lowest BCUT2D eigenvalue weighted by atomic mass is 9.87. The molecule has 1 fully saturated rings. The van der Waals surface area contributed by atoms with E-state index < -0.39 is 0 Å². The summed E-state index contributed by atoms with van der Waals surface area (Å²) in [6, 6.07) is 11.1. The Bertz CT molecular complexity index is 876. The molecule has 112 valence electrons. The van der Waals surface area contributed by atoms with Gasteiger partial charge in [-0.05, 0) is 62.3 Å². The van der Waals surface area contributed by atoms with Crippen molar-refractivity contribution >= 4 is 21.8 Å². The summed E-state index contributed by atoms with van der Waals surface area (Å²) < 4.78 is 0. The zero-order chi connectivity index (χ0) is 15.3. The van der Waals surface area contributed by atoms with Crippen molar-refractivity contribution in [3.8, 4) is 0 Å². The number of hydrogen-bond acceptors (Lipinski definition) is 2. The number of benzene rings is 1. The maximum atomic E-state index is 4.84. The highest BCUT2D eigenvalue weighted by molar-refractivity contribution is 6.05. The van der Waals surface area contributed by atoms with Crippen molar-refractivity contribution in [2.75, 3.05) is 0 Å². The summed E-state index contributed by atoms with van der Waals surface area (Å²) in [5.74, 6) is 0. The van der Waals surface area contributed by atoms with Crippen LogP contribution in [0.3, 0.4) is 0 Å². The molecule has 1 aromatic carbocycles. The highest BCUT2D eigenvalue weighted by Crippen LogP contribution is 2.54. The van der Waals surface area contributed by atoms with Gasteiger partial charge in [0.05, 0.1) is 11.0 Å². The highest BCUT2D eigenvalue weighted by Gasteiger charge is 2.44. The molecule has 2 nitrogen and oxygen atoms in total. The molecule has 1 aliphatic rings. The van der Waals surface area contributed by atoms with Crippen LogP contribution in [0.25, 0.3) is 21.8 Å². The highest BCUT2D eigenvalue weighted by atomic mass is 14.8. The van der Waals surface area contributed by atoms with E-state index in [0.717, 1.165) is 22.4 Å². The van der Waals surface area contributed by atoms with Gasteiger partial charge in [0.1, 0.15) is 0 Å². The standard InChI is InChI=1S/C20H22N2/c1-4-9-20(10-11-20)17-12-15-7-5-13(2)21-18(15)19-16(17)8-6-14(3)22-19/h5-8,12H,4,9-11H2,1-3H3. The average Bonchev–Trinajstić information content (AvgIpc) is 3.28. The van der Waals surface area contributed by atoms with E-state index in [1.807, 2.05) is 0 Å². The van der Waals surface area contributed by atoms with E-state index in [1.54, 1.807) is 0 Å². The zero-order valence-electron chi connectivity index (χ0n) is 13.6. The van der Waals surface area contributed by atoms with Gasteiger partial charge < -0.3 is 0 Å². The maximum Gasteiger partial charge on any atom is 0.0970 e. The van der Waals surface area contributed by atoms with Crippen LogP contribution in [0.4, 0.5) is 0 Å². The Labute approximate surface area is 131 Å². The lowest BCUT2D eigenvalue weighted by Crippen LogP contribution is -2.07. The third kappa shape index (κ3) is 2.01. The number of hydrogen-bond donors (Lipinski definition) is 0. The molecule has 0 saturated heterocycles. The number of aryl methyl sites for hydroxylation is 2. The first-order chi connectivity index (χ1) is 10.6. The van der Waals surface area contributed by atoms with Crippen molar-refractivity contribution < 1.29 is 0 Å². The Kier molecular flexibility index (Phi) is 2.97. The zero-order valence-corrected chi connectivity index (χ0v) is 13.6. The predicted molar refractivity (Wildman–Crippen MR) is 92.3 cm³/mol. The Morgan fingerprint density at radius 2 is 1.64 bits per heavy atom. The average molecular weight is 290 g/mol. The molecule has 0 N–H and O–H groups in total. The summed E-state index contributed by atoms with van der Waals surface area (Å²) in [5, 5.41) is 2.54. The van der Waals surface area contributed by atoms with E-state index in [4.69, 9.17) is 9.97 Å². The summed E-state index contributed by atoms with van der Waals surface area (Å²) in [4.78, 5) is 9.62. The van der Waals surface area contributed by atoms with E-state index in [2.05, 4.69) is 51.1 Å². The number of aromatic nitrogens is 2. The molecule has 0 amide bonds. The van der Waals surface area contributed by atoms with Gasteiger partial charge in [0.25, 0.3) is 0 Å². The minimum Gasteiger partial charge on any atom is -0.251 e. The Morgan fingerprint density at radius 1 is 0.955 bits per heavy atom. The van der Waals surface area contributed by atoms with Gasteiger partial charge in [-0.1, -0.05) is 25.5 Å². The molecule has 0 radical (unpaired) electrons. The topological polar surface area (TPSA) is 25.8 Å². The number of rotatable bonds is 3. The van der Waals surface area contributed by atoms with Gasteiger partial charge in [0.15, 0.2) is 0 Å². The monoisotopic (exact) mass is 290 g/mol. The molecule has 0 aliphatic heterocycles. The van der Waals surface area contributed by atoms with Gasteiger partial charge in [0.2, 0.25) is 0 Å². The number of pyridine rings is 2.